The Labute approximate surface area is 318 Å². The zero-order valence-corrected chi connectivity index (χ0v) is 31.7. The second-order valence-electron chi connectivity index (χ2n) is 12.3. The molecule has 2 heterocycles. The van der Waals surface area contributed by atoms with Crippen LogP contribution in [0.15, 0.2) is 29.1 Å². The number of carbonyl (C=O) groups is 1. The first-order chi connectivity index (χ1) is 26.7. The Hall–Kier alpha value is -2.58. The molecule has 0 atom stereocenters. The summed E-state index contributed by atoms with van der Waals surface area (Å²) >= 11 is 0. The third-order valence-electron chi connectivity index (χ3n) is 8.42. The highest BCUT2D eigenvalue weighted by molar-refractivity contribution is 6.16. The normalized spacial score (nSPS) is 22.6. The highest BCUT2D eigenvalue weighted by Crippen LogP contribution is 2.31. The summed E-state index contributed by atoms with van der Waals surface area (Å²) in [7, 11) is 0. The van der Waals surface area contributed by atoms with Crippen LogP contribution in [0.3, 0.4) is 0 Å². The van der Waals surface area contributed by atoms with Crippen molar-refractivity contribution in [1.29, 1.82) is 0 Å². The van der Waals surface area contributed by atoms with Crippen LogP contribution in [0.5, 0.6) is 0 Å². The largest absolute Gasteiger partial charge is 0.377 e. The first kappa shape index (κ1) is 44.1. The van der Waals surface area contributed by atoms with E-state index in [2.05, 4.69) is 4.90 Å². The lowest BCUT2D eigenvalue weighted by Gasteiger charge is -2.27. The summed E-state index contributed by atoms with van der Waals surface area (Å²) in [6.07, 6.45) is 1.59. The number of fused-ring (bicyclic) bond motifs is 1. The number of hydrogen-bond donors (Lipinski definition) is 0. The predicted octanol–water partition coefficient (Wildman–Crippen LogP) is 0.919. The average Bonchev–Trinajstić information content (AvgIpc) is 3.34. The molecule has 0 bridgehead atoms. The van der Waals surface area contributed by atoms with Crippen LogP contribution in [0.1, 0.15) is 15.9 Å². The van der Waals surface area contributed by atoms with E-state index < -0.39 is 0 Å². The summed E-state index contributed by atoms with van der Waals surface area (Å²) in [5.41, 5.74) is 2.12. The minimum atomic E-state index is -0.269. The molecule has 1 aliphatic carbocycles. The van der Waals surface area contributed by atoms with Crippen molar-refractivity contribution in [2.75, 3.05) is 190 Å². The van der Waals surface area contributed by atoms with Crippen molar-refractivity contribution in [3.05, 3.63) is 45.6 Å². The Kier molecular flexibility index (Phi) is 23.5. The maximum atomic E-state index is 13.4. The van der Waals surface area contributed by atoms with E-state index in [4.69, 9.17) is 56.8 Å². The molecule has 0 amide bonds. The number of carbonyl (C=O) groups excluding carboxylic acids is 1. The Morgan fingerprint density at radius 2 is 0.630 bits per heavy atom. The summed E-state index contributed by atoms with van der Waals surface area (Å²) in [5, 5.41) is 0. The zero-order valence-electron chi connectivity index (χ0n) is 31.7. The molecule has 16 nitrogen and oxygen atoms in total. The Morgan fingerprint density at radius 3 is 0.963 bits per heavy atom. The molecule has 306 valence electrons. The fraction of sp³-hybridized carbons (Fsp3) is 0.737. The lowest BCUT2D eigenvalue weighted by molar-refractivity contribution is -0.0152. The van der Waals surface area contributed by atoms with Gasteiger partial charge in [0.05, 0.1) is 159 Å². The molecule has 4 rings (SSSR count). The van der Waals surface area contributed by atoms with E-state index in [0.717, 1.165) is 0 Å². The molecule has 0 unspecified atom stereocenters. The Morgan fingerprint density at radius 1 is 0.333 bits per heavy atom. The number of anilines is 1. The fourth-order valence-electron chi connectivity index (χ4n) is 5.64. The predicted molar refractivity (Wildman–Crippen MR) is 199 cm³/mol. The van der Waals surface area contributed by atoms with E-state index in [1.165, 1.54) is 6.07 Å². The van der Waals surface area contributed by atoms with Crippen molar-refractivity contribution in [3.63, 3.8) is 0 Å². The summed E-state index contributed by atoms with van der Waals surface area (Å²) in [6, 6.07) is 4.89. The van der Waals surface area contributed by atoms with Crippen LogP contribution in [-0.2, 0) is 56.8 Å². The first-order valence-corrected chi connectivity index (χ1v) is 19.1. The van der Waals surface area contributed by atoms with Gasteiger partial charge in [0, 0.05) is 60.8 Å². The topological polar surface area (TPSA) is 151 Å². The van der Waals surface area contributed by atoms with Crippen molar-refractivity contribution < 1.29 is 61.6 Å². The third kappa shape index (κ3) is 18.4. The fourth-order valence-corrected chi connectivity index (χ4v) is 5.64. The standard InChI is InChI=1S/C38H60N2O14/c41-34-29-33(39-1-5-43-9-13-47-17-21-51-25-26-52-22-18-48-14-10-44-6-2-39)30-35-36(31-34)38(42)32-37(35)40-3-7-45-11-15-49-19-23-53-27-28-54-24-20-50-16-12-46-8-4-40/h29-32H,1-28H2. The van der Waals surface area contributed by atoms with Crippen LogP contribution >= 0.6 is 0 Å². The molecule has 1 aromatic rings. The van der Waals surface area contributed by atoms with Gasteiger partial charge in [0.25, 0.3) is 0 Å². The lowest BCUT2D eigenvalue weighted by Crippen LogP contribution is -2.32. The third-order valence-corrected chi connectivity index (χ3v) is 8.42. The highest BCUT2D eigenvalue weighted by atomic mass is 16.6. The van der Waals surface area contributed by atoms with Crippen molar-refractivity contribution in [2.24, 2.45) is 0 Å². The van der Waals surface area contributed by atoms with Crippen LogP contribution in [0.4, 0.5) is 5.69 Å². The SMILES string of the molecule is O=C1C=C(N2CCOCCOCCOCCOCCOCCOCC2)c2cc(N3CCOCCOCCOCCOCCOCCOCC3)cc(=O)cc21. The van der Waals surface area contributed by atoms with Gasteiger partial charge in [-0.05, 0) is 12.1 Å². The second kappa shape index (κ2) is 28.8. The lowest BCUT2D eigenvalue weighted by atomic mass is 10.1. The van der Waals surface area contributed by atoms with Gasteiger partial charge in [0.2, 0.25) is 0 Å². The number of allylic oxidation sites excluding steroid dienone is 1. The van der Waals surface area contributed by atoms with Crippen LogP contribution < -0.4 is 10.3 Å². The minimum Gasteiger partial charge on any atom is -0.377 e. The molecule has 1 aromatic carbocycles. The van der Waals surface area contributed by atoms with Crippen LogP contribution in [0.2, 0.25) is 0 Å². The molecule has 0 aromatic heterocycles. The van der Waals surface area contributed by atoms with E-state index in [1.807, 2.05) is 11.0 Å². The molecular formula is C38H60N2O14. The molecule has 54 heavy (non-hydrogen) atoms. The van der Waals surface area contributed by atoms with E-state index in [9.17, 15) is 9.59 Å². The van der Waals surface area contributed by atoms with E-state index >= 15 is 0 Å². The van der Waals surface area contributed by atoms with Crippen molar-refractivity contribution in [3.8, 4) is 0 Å². The molecule has 3 aliphatic rings. The molecule has 0 spiro atoms. The summed E-state index contributed by atoms with van der Waals surface area (Å²) in [5.74, 6) is -0.223. The highest BCUT2D eigenvalue weighted by Gasteiger charge is 2.26. The van der Waals surface area contributed by atoms with Crippen molar-refractivity contribution in [2.45, 2.75) is 0 Å². The first-order valence-electron chi connectivity index (χ1n) is 19.1. The maximum Gasteiger partial charge on any atom is 0.188 e. The quantitative estimate of drug-likeness (QED) is 0.419. The zero-order chi connectivity index (χ0) is 37.7. The Balaban J connectivity index is 1.45. The minimum absolute atomic E-state index is 0.223. The molecule has 0 saturated carbocycles. The molecule has 16 heteroatoms. The molecule has 0 radical (unpaired) electrons. The van der Waals surface area contributed by atoms with E-state index in [1.54, 1.807) is 12.1 Å². The summed E-state index contributed by atoms with van der Waals surface area (Å²) in [6.45, 7) is 12.7. The van der Waals surface area contributed by atoms with Gasteiger partial charge in [-0.1, -0.05) is 0 Å². The number of ether oxygens (including phenoxy) is 12. The van der Waals surface area contributed by atoms with Gasteiger partial charge in [-0.15, -0.1) is 0 Å². The smallest absolute Gasteiger partial charge is 0.188 e. The monoisotopic (exact) mass is 768 g/mol. The average molecular weight is 769 g/mol. The van der Waals surface area contributed by atoms with Crippen LogP contribution in [-0.4, -0.2) is 195 Å². The molecular weight excluding hydrogens is 708 g/mol. The molecule has 0 N–H and O–H groups in total. The van der Waals surface area contributed by atoms with Gasteiger partial charge in [0.15, 0.2) is 11.2 Å². The molecule has 2 fully saturated rings. The van der Waals surface area contributed by atoms with Crippen molar-refractivity contribution in [1.82, 2.24) is 4.90 Å². The van der Waals surface area contributed by atoms with Crippen LogP contribution in [0.25, 0.3) is 5.70 Å². The number of rotatable bonds is 2. The van der Waals surface area contributed by atoms with Crippen LogP contribution in [0, 0.1) is 0 Å². The molecule has 2 saturated heterocycles. The van der Waals surface area contributed by atoms with Gasteiger partial charge in [0.1, 0.15) is 0 Å². The van der Waals surface area contributed by atoms with Crippen molar-refractivity contribution >= 4 is 17.2 Å². The summed E-state index contributed by atoms with van der Waals surface area (Å²) < 4.78 is 68.2. The Bertz CT molecular complexity index is 1210. The van der Waals surface area contributed by atoms with E-state index in [0.29, 0.717) is 207 Å². The van der Waals surface area contributed by atoms with Gasteiger partial charge < -0.3 is 66.6 Å². The van der Waals surface area contributed by atoms with Gasteiger partial charge in [-0.2, -0.15) is 0 Å². The number of nitrogens with zero attached hydrogens (tertiary/aromatic N) is 2. The van der Waals surface area contributed by atoms with Gasteiger partial charge in [-0.3, -0.25) is 9.59 Å². The molecule has 2 aliphatic heterocycles. The maximum absolute atomic E-state index is 13.4. The number of ketones is 1. The van der Waals surface area contributed by atoms with E-state index in [-0.39, 0.29) is 11.2 Å². The number of hydrogen-bond acceptors (Lipinski definition) is 16. The van der Waals surface area contributed by atoms with Gasteiger partial charge in [-0.25, -0.2) is 0 Å². The second-order valence-corrected chi connectivity index (χ2v) is 12.3. The van der Waals surface area contributed by atoms with Gasteiger partial charge >= 0.3 is 0 Å². The summed E-state index contributed by atoms with van der Waals surface area (Å²) in [4.78, 5) is 30.8.